The van der Waals surface area contributed by atoms with Gasteiger partial charge in [-0.25, -0.2) is 4.39 Å². The van der Waals surface area contributed by atoms with Gasteiger partial charge in [-0.2, -0.15) is 0 Å². The minimum atomic E-state index is -0.362. The largest absolute Gasteiger partial charge is 0.409 e. The maximum Gasteiger partial charge on any atom is 0.171 e. The van der Waals surface area contributed by atoms with E-state index in [4.69, 9.17) is 10.9 Å². The lowest BCUT2D eigenvalue weighted by Crippen LogP contribution is -2.39. The van der Waals surface area contributed by atoms with Crippen LogP contribution >= 0.6 is 15.9 Å². The Kier molecular flexibility index (Phi) is 4.76. The molecule has 21 heavy (non-hydrogen) atoms. The van der Waals surface area contributed by atoms with E-state index in [0.717, 1.165) is 32.4 Å². The highest BCUT2D eigenvalue weighted by Crippen LogP contribution is 2.37. The van der Waals surface area contributed by atoms with E-state index in [1.807, 2.05) is 0 Å². The number of hydrogen-bond donors (Lipinski definition) is 2. The van der Waals surface area contributed by atoms with Crippen LogP contribution in [0.2, 0.25) is 0 Å². The second-order valence-electron chi connectivity index (χ2n) is 5.90. The Bertz CT molecular complexity index is 554. The van der Waals surface area contributed by atoms with Crippen molar-refractivity contribution in [2.45, 2.75) is 33.1 Å². The van der Waals surface area contributed by atoms with Crippen molar-refractivity contribution in [1.82, 2.24) is 0 Å². The van der Waals surface area contributed by atoms with Crippen LogP contribution in [0.3, 0.4) is 0 Å². The fourth-order valence-electron chi connectivity index (χ4n) is 2.68. The first-order valence-corrected chi connectivity index (χ1v) is 7.92. The number of amidine groups is 1. The van der Waals surface area contributed by atoms with E-state index in [0.29, 0.717) is 16.7 Å². The molecule has 1 fully saturated rings. The summed E-state index contributed by atoms with van der Waals surface area (Å²) in [5.74, 6) is -0.469. The van der Waals surface area contributed by atoms with E-state index in [-0.39, 0.29) is 16.1 Å². The number of hydrogen-bond acceptors (Lipinski definition) is 3. The van der Waals surface area contributed by atoms with Gasteiger partial charge in [0.1, 0.15) is 0 Å². The van der Waals surface area contributed by atoms with Crippen LogP contribution in [0.1, 0.15) is 38.7 Å². The zero-order valence-electron chi connectivity index (χ0n) is 12.4. The highest BCUT2D eigenvalue weighted by Gasteiger charge is 2.29. The third-order valence-electron chi connectivity index (χ3n) is 4.61. The summed E-state index contributed by atoms with van der Waals surface area (Å²) in [5.41, 5.74) is 6.82. The van der Waals surface area contributed by atoms with Crippen molar-refractivity contribution in [2.75, 3.05) is 18.0 Å². The Hall–Kier alpha value is -1.30. The summed E-state index contributed by atoms with van der Waals surface area (Å²) in [7, 11) is 0. The van der Waals surface area contributed by atoms with Crippen LogP contribution in [0.25, 0.3) is 0 Å². The Morgan fingerprint density at radius 2 is 2.10 bits per heavy atom. The minimum absolute atomic E-state index is 0.107. The quantitative estimate of drug-likeness (QED) is 0.375. The summed E-state index contributed by atoms with van der Waals surface area (Å²) in [6, 6.07) is 3.37. The van der Waals surface area contributed by atoms with Crippen molar-refractivity contribution in [2.24, 2.45) is 16.3 Å². The van der Waals surface area contributed by atoms with E-state index in [1.54, 1.807) is 12.1 Å². The molecule has 3 N–H and O–H groups in total. The summed E-state index contributed by atoms with van der Waals surface area (Å²) in [4.78, 5) is 2.06. The summed E-state index contributed by atoms with van der Waals surface area (Å²) in [6.45, 7) is 6.18. The van der Waals surface area contributed by atoms with Crippen LogP contribution in [-0.4, -0.2) is 24.1 Å². The molecular formula is C15H21BrFN3O. The van der Waals surface area contributed by atoms with Gasteiger partial charge in [0, 0.05) is 18.7 Å². The lowest BCUT2D eigenvalue weighted by atomic mass is 9.78. The van der Waals surface area contributed by atoms with Crippen molar-refractivity contribution in [1.29, 1.82) is 0 Å². The molecule has 1 aliphatic rings. The topological polar surface area (TPSA) is 61.8 Å². The standard InChI is InChI=1S/C15H21BrFN3O/c1-3-15(2)6-8-20(9-7-15)11-5-4-10(14(18)19-21)12(16)13(11)17/h4-5,21H,3,6-9H2,1-2H3,(H2,18,19). The van der Waals surface area contributed by atoms with E-state index in [9.17, 15) is 4.39 Å². The molecule has 0 spiro atoms. The molecule has 0 atom stereocenters. The van der Waals surface area contributed by atoms with Gasteiger partial charge in [-0.1, -0.05) is 25.4 Å². The predicted octanol–water partition coefficient (Wildman–Crippen LogP) is 3.70. The maximum absolute atomic E-state index is 14.5. The highest BCUT2D eigenvalue weighted by molar-refractivity contribution is 9.10. The number of anilines is 1. The number of nitrogens with two attached hydrogens (primary N) is 1. The number of nitrogens with zero attached hydrogens (tertiary/aromatic N) is 2. The SMILES string of the molecule is CCC1(C)CCN(c2ccc(/C(N)=N/O)c(Br)c2F)CC1. The van der Waals surface area contributed by atoms with Gasteiger partial charge in [-0.05, 0) is 46.3 Å². The molecule has 1 saturated heterocycles. The third-order valence-corrected chi connectivity index (χ3v) is 5.39. The molecule has 0 aliphatic carbocycles. The van der Waals surface area contributed by atoms with Gasteiger partial charge in [0.2, 0.25) is 0 Å². The zero-order valence-corrected chi connectivity index (χ0v) is 14.0. The van der Waals surface area contributed by atoms with Crippen LogP contribution in [0.5, 0.6) is 0 Å². The van der Waals surface area contributed by atoms with Gasteiger partial charge in [0.25, 0.3) is 0 Å². The highest BCUT2D eigenvalue weighted by atomic mass is 79.9. The van der Waals surface area contributed by atoms with Crippen LogP contribution in [-0.2, 0) is 0 Å². The van der Waals surface area contributed by atoms with Gasteiger partial charge in [-0.15, -0.1) is 0 Å². The van der Waals surface area contributed by atoms with E-state index < -0.39 is 0 Å². The normalized spacial score (nSPS) is 18.9. The monoisotopic (exact) mass is 357 g/mol. The number of oxime groups is 1. The number of piperidine rings is 1. The summed E-state index contributed by atoms with van der Waals surface area (Å²) >= 11 is 3.20. The van der Waals surface area contributed by atoms with Gasteiger partial charge in [0.15, 0.2) is 11.7 Å². The molecule has 1 aromatic carbocycles. The van der Waals surface area contributed by atoms with Crippen molar-refractivity contribution in [3.8, 4) is 0 Å². The van der Waals surface area contributed by atoms with Gasteiger partial charge >= 0.3 is 0 Å². The van der Waals surface area contributed by atoms with Crippen molar-refractivity contribution < 1.29 is 9.60 Å². The lowest BCUT2D eigenvalue weighted by Gasteiger charge is -2.40. The lowest BCUT2D eigenvalue weighted by molar-refractivity contribution is 0.237. The molecule has 0 amide bonds. The third kappa shape index (κ3) is 3.15. The molecule has 116 valence electrons. The summed E-state index contributed by atoms with van der Waals surface area (Å²) in [6.07, 6.45) is 3.26. The molecule has 0 saturated carbocycles. The minimum Gasteiger partial charge on any atom is -0.409 e. The fraction of sp³-hybridized carbons (Fsp3) is 0.533. The summed E-state index contributed by atoms with van der Waals surface area (Å²) in [5, 5.41) is 11.6. The van der Waals surface area contributed by atoms with Gasteiger partial charge in [-0.3, -0.25) is 0 Å². The first kappa shape index (κ1) is 16.1. The smallest absolute Gasteiger partial charge is 0.171 e. The first-order valence-electron chi connectivity index (χ1n) is 7.12. The fourth-order valence-corrected chi connectivity index (χ4v) is 3.21. The number of halogens is 2. The van der Waals surface area contributed by atoms with E-state index in [1.165, 1.54) is 0 Å². The maximum atomic E-state index is 14.5. The van der Waals surface area contributed by atoms with Gasteiger partial charge in [0.05, 0.1) is 10.2 Å². The molecule has 4 nitrogen and oxygen atoms in total. The molecule has 0 unspecified atom stereocenters. The molecule has 1 aliphatic heterocycles. The van der Waals surface area contributed by atoms with E-state index >= 15 is 0 Å². The molecule has 1 aromatic rings. The second-order valence-corrected chi connectivity index (χ2v) is 6.69. The van der Waals surface area contributed by atoms with Crippen LogP contribution in [0.4, 0.5) is 10.1 Å². The molecule has 2 rings (SSSR count). The average Bonchev–Trinajstić information content (AvgIpc) is 2.50. The van der Waals surface area contributed by atoms with Gasteiger partial charge < -0.3 is 15.8 Å². The Balaban J connectivity index is 2.25. The molecule has 6 heteroatoms. The average molecular weight is 358 g/mol. The first-order chi connectivity index (χ1) is 9.91. The van der Waals surface area contributed by atoms with Crippen molar-refractivity contribution in [3.63, 3.8) is 0 Å². The van der Waals surface area contributed by atoms with Crippen LogP contribution in [0, 0.1) is 11.2 Å². The Labute approximate surface area is 132 Å². The van der Waals surface area contributed by atoms with E-state index in [2.05, 4.69) is 39.8 Å². The number of rotatable bonds is 3. The molecule has 0 bridgehead atoms. The van der Waals surface area contributed by atoms with Crippen LogP contribution < -0.4 is 10.6 Å². The second kappa shape index (κ2) is 6.22. The van der Waals surface area contributed by atoms with Crippen molar-refractivity contribution in [3.05, 3.63) is 28.0 Å². The zero-order chi connectivity index (χ0) is 15.6. The van der Waals surface area contributed by atoms with Crippen LogP contribution in [0.15, 0.2) is 21.8 Å². The molecule has 0 radical (unpaired) electrons. The Morgan fingerprint density at radius 1 is 1.48 bits per heavy atom. The Morgan fingerprint density at radius 3 is 2.62 bits per heavy atom. The molecular weight excluding hydrogens is 337 g/mol. The molecule has 0 aromatic heterocycles. The predicted molar refractivity (Wildman–Crippen MR) is 86.5 cm³/mol. The summed E-state index contributed by atoms with van der Waals surface area (Å²) < 4.78 is 14.8. The number of benzene rings is 1. The molecule has 1 heterocycles. The van der Waals surface area contributed by atoms with Crippen molar-refractivity contribution >= 4 is 27.5 Å².